The highest BCUT2D eigenvalue weighted by molar-refractivity contribution is 5.90. The lowest BCUT2D eigenvalue weighted by Crippen LogP contribution is -1.99. The molecule has 2 aromatic carbocycles. The zero-order valence-electron chi connectivity index (χ0n) is 10.3. The van der Waals surface area contributed by atoms with Crippen LogP contribution in [0.5, 0.6) is 5.75 Å². The molecule has 2 aromatic rings. The van der Waals surface area contributed by atoms with E-state index in [4.69, 9.17) is 4.74 Å². The van der Waals surface area contributed by atoms with Crippen LogP contribution in [0.2, 0.25) is 0 Å². The average Bonchev–Trinajstić information content (AvgIpc) is 2.45. The maximum atomic E-state index is 11.0. The van der Waals surface area contributed by atoms with E-state index in [9.17, 15) is 4.79 Å². The largest absolute Gasteiger partial charge is 0.493 e. The van der Waals surface area contributed by atoms with Gasteiger partial charge >= 0.3 is 0 Å². The fourth-order valence-electron chi connectivity index (χ4n) is 1.85. The van der Waals surface area contributed by atoms with E-state index in [0.29, 0.717) is 12.2 Å². The second-order valence-corrected chi connectivity index (χ2v) is 4.00. The van der Waals surface area contributed by atoms with Crippen LogP contribution in [0.25, 0.3) is 11.1 Å². The molecule has 0 saturated heterocycles. The van der Waals surface area contributed by atoms with Crippen LogP contribution >= 0.6 is 0 Å². The van der Waals surface area contributed by atoms with Gasteiger partial charge in [-0.25, -0.2) is 0 Å². The van der Waals surface area contributed by atoms with Crippen LogP contribution in [0.15, 0.2) is 48.5 Å². The Hall–Kier alpha value is -2.09. The fourth-order valence-corrected chi connectivity index (χ4v) is 1.85. The van der Waals surface area contributed by atoms with Crippen molar-refractivity contribution in [1.29, 1.82) is 0 Å². The van der Waals surface area contributed by atoms with Gasteiger partial charge in [0.2, 0.25) is 6.29 Å². The summed E-state index contributed by atoms with van der Waals surface area (Å²) in [5, 5.41) is 0. The van der Waals surface area contributed by atoms with Crippen molar-refractivity contribution in [2.45, 2.75) is 13.3 Å². The number of hydrogen-bond acceptors (Lipinski definition) is 2. The summed E-state index contributed by atoms with van der Waals surface area (Å²) < 4.78 is 5.70. The molecule has 0 aliphatic rings. The molecule has 0 spiro atoms. The Labute approximate surface area is 107 Å². The lowest BCUT2D eigenvalue weighted by Gasteiger charge is -2.12. The summed E-state index contributed by atoms with van der Waals surface area (Å²) in [6.07, 6.45) is 2.91. The van der Waals surface area contributed by atoms with E-state index in [1.807, 2.05) is 48.8 Å². The van der Waals surface area contributed by atoms with Crippen LogP contribution in [0.3, 0.4) is 0 Å². The van der Waals surface area contributed by atoms with Gasteiger partial charge in [0.05, 0.1) is 6.61 Å². The number of carbonyl (C=O) groups excluding carboxylic acids is 1. The van der Waals surface area contributed by atoms with Gasteiger partial charge in [0.25, 0.3) is 0 Å². The first-order valence-electron chi connectivity index (χ1n) is 6.06. The summed E-state index contributed by atoms with van der Waals surface area (Å²) in [7, 11) is 0. The lowest BCUT2D eigenvalue weighted by molar-refractivity contribution is 0.318. The number of ether oxygens (including phenoxy) is 1. The Morgan fingerprint density at radius 3 is 2.50 bits per heavy atom. The Balaban J connectivity index is 2.51. The van der Waals surface area contributed by atoms with Crippen molar-refractivity contribution in [3.63, 3.8) is 0 Å². The molecule has 0 amide bonds. The summed E-state index contributed by atoms with van der Waals surface area (Å²) in [4.78, 5) is 11.0. The van der Waals surface area contributed by atoms with Gasteiger partial charge in [0.1, 0.15) is 5.75 Å². The molecule has 18 heavy (non-hydrogen) atoms. The maximum absolute atomic E-state index is 11.0. The standard InChI is InChI=1S/C16H15O2/c1-2-11-18-15-10-6-9-14(12-17)16(15)13-7-4-3-5-8-13/h3-10H,2,11H2,1H3. The van der Waals surface area contributed by atoms with E-state index in [2.05, 4.69) is 6.92 Å². The van der Waals surface area contributed by atoms with Gasteiger partial charge in [0, 0.05) is 11.1 Å². The lowest BCUT2D eigenvalue weighted by atomic mass is 9.99. The van der Waals surface area contributed by atoms with Gasteiger partial charge in [-0.1, -0.05) is 49.4 Å². The van der Waals surface area contributed by atoms with Crippen LogP contribution in [-0.2, 0) is 4.79 Å². The van der Waals surface area contributed by atoms with E-state index < -0.39 is 0 Å². The van der Waals surface area contributed by atoms with Crippen molar-refractivity contribution < 1.29 is 9.53 Å². The molecule has 2 rings (SSSR count). The topological polar surface area (TPSA) is 26.3 Å². The first kappa shape index (κ1) is 12.4. The highest BCUT2D eigenvalue weighted by Gasteiger charge is 2.11. The Bertz CT molecular complexity index is 518. The SMILES string of the molecule is CCCOc1cccc([C]=O)c1-c1ccccc1. The molecule has 91 valence electrons. The van der Waals surface area contributed by atoms with E-state index >= 15 is 0 Å². The van der Waals surface area contributed by atoms with E-state index in [1.54, 1.807) is 6.07 Å². The van der Waals surface area contributed by atoms with Crippen LogP contribution in [0, 0.1) is 0 Å². The van der Waals surface area contributed by atoms with Crippen molar-refractivity contribution in [3.8, 4) is 16.9 Å². The van der Waals surface area contributed by atoms with Crippen molar-refractivity contribution in [2.24, 2.45) is 0 Å². The highest BCUT2D eigenvalue weighted by atomic mass is 16.5. The first-order valence-corrected chi connectivity index (χ1v) is 6.06. The summed E-state index contributed by atoms with van der Waals surface area (Å²) >= 11 is 0. The van der Waals surface area contributed by atoms with Crippen LogP contribution < -0.4 is 4.74 Å². The average molecular weight is 239 g/mol. The molecular weight excluding hydrogens is 224 g/mol. The molecular formula is C16H15O2. The minimum absolute atomic E-state index is 0.537. The molecule has 0 heterocycles. The molecule has 0 saturated carbocycles. The molecule has 0 N–H and O–H groups in total. The van der Waals surface area contributed by atoms with Crippen LogP contribution in [0.4, 0.5) is 0 Å². The molecule has 0 bridgehead atoms. The molecule has 2 heteroatoms. The molecule has 1 radical (unpaired) electrons. The Morgan fingerprint density at radius 1 is 1.06 bits per heavy atom. The second-order valence-electron chi connectivity index (χ2n) is 4.00. The highest BCUT2D eigenvalue weighted by Crippen LogP contribution is 2.32. The minimum atomic E-state index is 0.537. The van der Waals surface area contributed by atoms with Gasteiger partial charge in [-0.15, -0.1) is 0 Å². The van der Waals surface area contributed by atoms with Crippen molar-refractivity contribution >= 4 is 6.29 Å². The third-order valence-corrected chi connectivity index (χ3v) is 2.66. The van der Waals surface area contributed by atoms with Crippen molar-refractivity contribution in [2.75, 3.05) is 6.61 Å². The first-order chi connectivity index (χ1) is 8.86. The predicted molar refractivity (Wildman–Crippen MR) is 72.5 cm³/mol. The summed E-state index contributed by atoms with van der Waals surface area (Å²) in [5.74, 6) is 0.740. The number of benzene rings is 2. The number of hydrogen-bond donors (Lipinski definition) is 0. The van der Waals surface area contributed by atoms with E-state index in [1.165, 1.54) is 0 Å². The molecule has 0 aromatic heterocycles. The fraction of sp³-hybridized carbons (Fsp3) is 0.188. The third kappa shape index (κ3) is 2.59. The summed E-state index contributed by atoms with van der Waals surface area (Å²) in [6.45, 7) is 2.69. The smallest absolute Gasteiger partial charge is 0.234 e. The maximum Gasteiger partial charge on any atom is 0.234 e. The zero-order valence-corrected chi connectivity index (χ0v) is 10.3. The molecule has 0 unspecified atom stereocenters. The minimum Gasteiger partial charge on any atom is -0.493 e. The predicted octanol–water partition coefficient (Wildman–Crippen LogP) is 3.60. The van der Waals surface area contributed by atoms with Gasteiger partial charge < -0.3 is 4.74 Å². The van der Waals surface area contributed by atoms with Gasteiger partial charge in [-0.3, -0.25) is 4.79 Å². The van der Waals surface area contributed by atoms with E-state index in [0.717, 1.165) is 23.3 Å². The normalized spacial score (nSPS) is 10.1. The molecule has 0 aliphatic heterocycles. The molecule has 0 fully saturated rings. The third-order valence-electron chi connectivity index (χ3n) is 2.66. The van der Waals surface area contributed by atoms with Gasteiger partial charge in [-0.05, 0) is 18.1 Å². The number of rotatable bonds is 5. The molecule has 2 nitrogen and oxygen atoms in total. The van der Waals surface area contributed by atoms with Crippen molar-refractivity contribution in [3.05, 3.63) is 54.1 Å². The second kappa shape index (κ2) is 6.01. The zero-order chi connectivity index (χ0) is 12.8. The van der Waals surface area contributed by atoms with Crippen LogP contribution in [-0.4, -0.2) is 12.9 Å². The summed E-state index contributed by atoms with van der Waals surface area (Å²) in [6, 6.07) is 15.2. The van der Waals surface area contributed by atoms with Gasteiger partial charge in [0.15, 0.2) is 0 Å². The molecule has 0 aliphatic carbocycles. The van der Waals surface area contributed by atoms with Crippen molar-refractivity contribution in [1.82, 2.24) is 0 Å². The molecule has 0 atom stereocenters. The van der Waals surface area contributed by atoms with Crippen LogP contribution in [0.1, 0.15) is 18.9 Å². The Kier molecular flexibility index (Phi) is 4.13. The monoisotopic (exact) mass is 239 g/mol. The quantitative estimate of drug-likeness (QED) is 0.796. The van der Waals surface area contributed by atoms with E-state index in [-0.39, 0.29) is 0 Å². The summed E-state index contributed by atoms with van der Waals surface area (Å²) in [5.41, 5.74) is 2.33. The van der Waals surface area contributed by atoms with Gasteiger partial charge in [-0.2, -0.15) is 0 Å². The Morgan fingerprint density at radius 2 is 1.83 bits per heavy atom.